The molecule has 0 aromatic heterocycles. The summed E-state index contributed by atoms with van der Waals surface area (Å²) in [6.45, 7) is 6.57. The van der Waals surface area contributed by atoms with E-state index in [1.807, 2.05) is 12.1 Å². The number of phenols is 1. The molecule has 2 aliphatic rings. The van der Waals surface area contributed by atoms with Crippen molar-refractivity contribution < 1.29 is 9.90 Å². The summed E-state index contributed by atoms with van der Waals surface area (Å²) in [6, 6.07) is 7.31. The van der Waals surface area contributed by atoms with Crippen LogP contribution < -0.4 is 5.32 Å². The number of carbonyl (C=O) groups is 1. The molecule has 1 aromatic rings. The molecule has 25 heavy (non-hydrogen) atoms. The Labute approximate surface area is 151 Å². The van der Waals surface area contributed by atoms with E-state index in [2.05, 4.69) is 22.0 Å². The zero-order valence-electron chi connectivity index (χ0n) is 15.3. The predicted octanol–water partition coefficient (Wildman–Crippen LogP) is 2.52. The minimum absolute atomic E-state index is 0.202. The Balaban J connectivity index is 1.91. The minimum atomic E-state index is -0.294. The van der Waals surface area contributed by atoms with Crippen LogP contribution in [0.4, 0.5) is 0 Å². The van der Waals surface area contributed by atoms with E-state index >= 15 is 0 Å². The molecule has 0 aliphatic carbocycles. The van der Waals surface area contributed by atoms with Gasteiger partial charge in [-0.1, -0.05) is 31.9 Å². The van der Waals surface area contributed by atoms with Crippen LogP contribution in [0.5, 0.6) is 5.75 Å². The highest BCUT2D eigenvalue weighted by molar-refractivity contribution is 5.83. The van der Waals surface area contributed by atoms with Crippen molar-refractivity contribution in [1.82, 2.24) is 15.1 Å². The number of phenolic OH excluding ortho intramolecular Hbond substituents is 1. The van der Waals surface area contributed by atoms with Gasteiger partial charge in [0.15, 0.2) is 0 Å². The minimum Gasteiger partial charge on any atom is -0.508 e. The van der Waals surface area contributed by atoms with Crippen molar-refractivity contribution in [3.63, 3.8) is 0 Å². The Morgan fingerprint density at radius 2 is 2.00 bits per heavy atom. The number of hydrogen-bond acceptors (Lipinski definition) is 4. The molecule has 2 saturated heterocycles. The van der Waals surface area contributed by atoms with E-state index < -0.39 is 0 Å². The van der Waals surface area contributed by atoms with Gasteiger partial charge in [0.1, 0.15) is 11.8 Å². The van der Waals surface area contributed by atoms with Gasteiger partial charge in [-0.15, -0.1) is 0 Å². The second-order valence-corrected chi connectivity index (χ2v) is 7.24. The number of benzene rings is 1. The highest BCUT2D eigenvalue weighted by Crippen LogP contribution is 2.30. The van der Waals surface area contributed by atoms with Crippen molar-refractivity contribution in [3.8, 4) is 5.75 Å². The van der Waals surface area contributed by atoms with Crippen LogP contribution in [-0.2, 0) is 4.79 Å². The Bertz CT molecular complexity index is 570. The summed E-state index contributed by atoms with van der Waals surface area (Å²) < 4.78 is 0. The smallest absolute Gasteiger partial charge is 0.244 e. The van der Waals surface area contributed by atoms with E-state index in [9.17, 15) is 9.90 Å². The lowest BCUT2D eigenvalue weighted by Gasteiger charge is -2.42. The maximum atomic E-state index is 13.5. The summed E-state index contributed by atoms with van der Waals surface area (Å²) in [7, 11) is 0. The van der Waals surface area contributed by atoms with Gasteiger partial charge in [-0.25, -0.2) is 0 Å². The number of likely N-dealkylation sites (tertiary alicyclic amines) is 1. The second kappa shape index (κ2) is 8.68. The normalized spacial score (nSPS) is 23.9. The fourth-order valence-electron chi connectivity index (χ4n) is 4.13. The van der Waals surface area contributed by atoms with Gasteiger partial charge in [-0.05, 0) is 37.0 Å². The highest BCUT2D eigenvalue weighted by atomic mass is 16.3. The number of nitrogens with zero attached hydrogens (tertiary/aromatic N) is 2. The average Bonchev–Trinajstić information content (AvgIpc) is 2.92. The number of amides is 1. The number of nitrogens with one attached hydrogen (secondary N) is 1. The van der Waals surface area contributed by atoms with Crippen LogP contribution in [-0.4, -0.2) is 59.6 Å². The van der Waals surface area contributed by atoms with E-state index in [-0.39, 0.29) is 17.7 Å². The zero-order chi connectivity index (χ0) is 17.6. The Morgan fingerprint density at radius 3 is 2.68 bits per heavy atom. The Hall–Kier alpha value is -1.59. The van der Waals surface area contributed by atoms with E-state index in [4.69, 9.17) is 0 Å². The van der Waals surface area contributed by atoms with Crippen LogP contribution in [0.1, 0.15) is 50.6 Å². The van der Waals surface area contributed by atoms with Crippen molar-refractivity contribution in [3.05, 3.63) is 29.8 Å². The van der Waals surface area contributed by atoms with E-state index in [0.29, 0.717) is 6.04 Å². The maximum absolute atomic E-state index is 13.5. The van der Waals surface area contributed by atoms with Crippen LogP contribution in [0.2, 0.25) is 0 Å². The van der Waals surface area contributed by atoms with Gasteiger partial charge >= 0.3 is 0 Å². The molecular formula is C20H31N3O2. The fourth-order valence-corrected chi connectivity index (χ4v) is 4.13. The monoisotopic (exact) mass is 345 g/mol. The van der Waals surface area contributed by atoms with Gasteiger partial charge in [0, 0.05) is 38.8 Å². The van der Waals surface area contributed by atoms with Crippen LogP contribution in [0.15, 0.2) is 24.3 Å². The highest BCUT2D eigenvalue weighted by Gasteiger charge is 2.36. The summed E-state index contributed by atoms with van der Waals surface area (Å²) in [5.41, 5.74) is 0.912. The molecule has 5 nitrogen and oxygen atoms in total. The van der Waals surface area contributed by atoms with Crippen LogP contribution in [0, 0.1) is 0 Å². The summed E-state index contributed by atoms with van der Waals surface area (Å²) in [6.07, 6.45) is 5.63. The molecule has 2 heterocycles. The standard InChI is InChI=1S/C20H31N3O2/c1-2-17-15-21-10-13-23(17)19(16-8-7-9-18(24)14-16)20(25)22-11-5-3-4-6-12-22/h7-9,14,17,19,21,24H,2-6,10-13,15H2,1H3. The molecule has 5 heteroatoms. The summed E-state index contributed by atoms with van der Waals surface area (Å²) in [5.74, 6) is 0.433. The van der Waals surface area contributed by atoms with Gasteiger partial charge in [0.2, 0.25) is 5.91 Å². The molecule has 138 valence electrons. The summed E-state index contributed by atoms with van der Waals surface area (Å²) in [5, 5.41) is 13.4. The lowest BCUT2D eigenvalue weighted by molar-refractivity contribution is -0.138. The molecule has 3 rings (SSSR count). The van der Waals surface area contributed by atoms with Gasteiger partial charge in [-0.2, -0.15) is 0 Å². The summed E-state index contributed by atoms with van der Waals surface area (Å²) in [4.78, 5) is 17.9. The second-order valence-electron chi connectivity index (χ2n) is 7.24. The number of aromatic hydroxyl groups is 1. The van der Waals surface area contributed by atoms with E-state index in [0.717, 1.165) is 57.5 Å². The summed E-state index contributed by atoms with van der Waals surface area (Å²) >= 11 is 0. The molecule has 2 aliphatic heterocycles. The van der Waals surface area contributed by atoms with Gasteiger partial charge in [-0.3, -0.25) is 9.69 Å². The van der Waals surface area contributed by atoms with Crippen LogP contribution >= 0.6 is 0 Å². The largest absolute Gasteiger partial charge is 0.508 e. The predicted molar refractivity (Wildman–Crippen MR) is 99.6 cm³/mol. The molecule has 1 aromatic carbocycles. The van der Waals surface area contributed by atoms with Crippen molar-refractivity contribution in [2.75, 3.05) is 32.7 Å². The fraction of sp³-hybridized carbons (Fsp3) is 0.650. The number of rotatable bonds is 4. The number of piperazine rings is 1. The van der Waals surface area contributed by atoms with Gasteiger partial charge in [0.25, 0.3) is 0 Å². The van der Waals surface area contributed by atoms with Gasteiger partial charge in [0.05, 0.1) is 0 Å². The molecular weight excluding hydrogens is 314 g/mol. The van der Waals surface area contributed by atoms with E-state index in [1.54, 1.807) is 12.1 Å². The van der Waals surface area contributed by atoms with Crippen LogP contribution in [0.3, 0.4) is 0 Å². The molecule has 2 N–H and O–H groups in total. The zero-order valence-corrected chi connectivity index (χ0v) is 15.3. The quantitative estimate of drug-likeness (QED) is 0.880. The third-order valence-electron chi connectivity index (χ3n) is 5.54. The van der Waals surface area contributed by atoms with Crippen molar-refractivity contribution in [1.29, 1.82) is 0 Å². The van der Waals surface area contributed by atoms with Crippen molar-refractivity contribution in [2.45, 2.75) is 51.1 Å². The molecule has 0 radical (unpaired) electrons. The Kier molecular flexibility index (Phi) is 6.32. The lowest BCUT2D eigenvalue weighted by atomic mass is 9.98. The van der Waals surface area contributed by atoms with Crippen LogP contribution in [0.25, 0.3) is 0 Å². The molecule has 2 unspecified atom stereocenters. The molecule has 0 bridgehead atoms. The SMILES string of the molecule is CCC1CNCCN1C(C(=O)N1CCCCCC1)c1cccc(O)c1. The molecule has 2 fully saturated rings. The lowest BCUT2D eigenvalue weighted by Crippen LogP contribution is -2.55. The van der Waals surface area contributed by atoms with E-state index in [1.165, 1.54) is 12.8 Å². The van der Waals surface area contributed by atoms with Crippen molar-refractivity contribution in [2.24, 2.45) is 0 Å². The Morgan fingerprint density at radius 1 is 1.24 bits per heavy atom. The first-order valence-corrected chi connectivity index (χ1v) is 9.75. The van der Waals surface area contributed by atoms with Gasteiger partial charge < -0.3 is 15.3 Å². The maximum Gasteiger partial charge on any atom is 0.244 e. The molecule has 0 spiro atoms. The third kappa shape index (κ3) is 4.33. The third-order valence-corrected chi connectivity index (χ3v) is 5.54. The topological polar surface area (TPSA) is 55.8 Å². The van der Waals surface area contributed by atoms with Crippen molar-refractivity contribution >= 4 is 5.91 Å². The first-order valence-electron chi connectivity index (χ1n) is 9.75. The average molecular weight is 345 g/mol. The molecule has 2 atom stereocenters. The first kappa shape index (κ1) is 18.2. The molecule has 0 saturated carbocycles. The first-order chi connectivity index (χ1) is 12.2. The number of hydrogen-bond donors (Lipinski definition) is 2. The number of carbonyl (C=O) groups excluding carboxylic acids is 1. The molecule has 1 amide bonds.